The molecule has 0 spiro atoms. The molecular formula is C15H21N3O. The molecule has 0 amide bonds. The fourth-order valence-corrected chi connectivity index (χ4v) is 3.22. The van der Waals surface area contributed by atoms with E-state index in [0.717, 1.165) is 41.8 Å². The standard InChI is InChI=1S/C15H21N3O/c1-10-17-12-9-11(16)7-8-13(12)18(10)14-5-3-2-4-6-15(14)19/h7-9,14-15,19H,2-6,16H2,1H3. The van der Waals surface area contributed by atoms with Gasteiger partial charge in [-0.05, 0) is 38.0 Å². The number of imidazole rings is 1. The molecule has 3 N–H and O–H groups in total. The normalized spacial score (nSPS) is 24.5. The molecular weight excluding hydrogens is 238 g/mol. The van der Waals surface area contributed by atoms with Crippen LogP contribution >= 0.6 is 0 Å². The third kappa shape index (κ3) is 2.21. The minimum Gasteiger partial charge on any atom is -0.399 e. The summed E-state index contributed by atoms with van der Waals surface area (Å²) in [5.74, 6) is 0.964. The monoisotopic (exact) mass is 259 g/mol. The number of hydrogen-bond acceptors (Lipinski definition) is 3. The van der Waals surface area contributed by atoms with E-state index in [9.17, 15) is 5.11 Å². The molecule has 0 saturated heterocycles. The zero-order chi connectivity index (χ0) is 13.4. The number of nitrogens with zero attached hydrogens (tertiary/aromatic N) is 2. The van der Waals surface area contributed by atoms with Gasteiger partial charge in [-0.2, -0.15) is 0 Å². The van der Waals surface area contributed by atoms with Gasteiger partial charge in [0.15, 0.2) is 0 Å². The van der Waals surface area contributed by atoms with Crippen molar-refractivity contribution in [2.24, 2.45) is 0 Å². The van der Waals surface area contributed by atoms with E-state index < -0.39 is 0 Å². The fourth-order valence-electron chi connectivity index (χ4n) is 3.22. The molecule has 0 aliphatic heterocycles. The minimum absolute atomic E-state index is 0.149. The van der Waals surface area contributed by atoms with Gasteiger partial charge < -0.3 is 15.4 Å². The van der Waals surface area contributed by atoms with Crippen molar-refractivity contribution in [3.05, 3.63) is 24.0 Å². The van der Waals surface area contributed by atoms with E-state index in [0.29, 0.717) is 0 Å². The number of anilines is 1. The molecule has 1 aliphatic rings. The van der Waals surface area contributed by atoms with E-state index in [1.54, 1.807) is 0 Å². The number of aliphatic hydroxyl groups excluding tert-OH is 1. The molecule has 1 saturated carbocycles. The van der Waals surface area contributed by atoms with Crippen molar-refractivity contribution < 1.29 is 5.11 Å². The van der Waals surface area contributed by atoms with Crippen molar-refractivity contribution in [2.45, 2.75) is 51.2 Å². The molecule has 3 rings (SSSR count). The van der Waals surface area contributed by atoms with Crippen LogP contribution in [0, 0.1) is 6.92 Å². The van der Waals surface area contributed by atoms with E-state index in [2.05, 4.69) is 9.55 Å². The first-order valence-corrected chi connectivity index (χ1v) is 7.09. The SMILES string of the molecule is Cc1nc2cc(N)ccc2n1C1CCCCCC1O. The van der Waals surface area contributed by atoms with Crippen molar-refractivity contribution in [3.63, 3.8) is 0 Å². The van der Waals surface area contributed by atoms with Gasteiger partial charge in [0, 0.05) is 5.69 Å². The maximum atomic E-state index is 10.4. The summed E-state index contributed by atoms with van der Waals surface area (Å²) in [6.45, 7) is 2.01. The largest absolute Gasteiger partial charge is 0.399 e. The van der Waals surface area contributed by atoms with E-state index in [1.165, 1.54) is 12.8 Å². The number of rotatable bonds is 1. The first-order valence-electron chi connectivity index (χ1n) is 7.09. The lowest BCUT2D eigenvalue weighted by molar-refractivity contribution is 0.106. The molecule has 1 heterocycles. The van der Waals surface area contributed by atoms with Crippen molar-refractivity contribution >= 4 is 16.7 Å². The van der Waals surface area contributed by atoms with Gasteiger partial charge >= 0.3 is 0 Å². The first-order chi connectivity index (χ1) is 9.16. The first kappa shape index (κ1) is 12.5. The maximum absolute atomic E-state index is 10.4. The number of fused-ring (bicyclic) bond motifs is 1. The van der Waals surface area contributed by atoms with Gasteiger partial charge in [0.1, 0.15) is 5.82 Å². The number of aromatic nitrogens is 2. The molecule has 0 radical (unpaired) electrons. The van der Waals surface area contributed by atoms with Gasteiger partial charge in [-0.1, -0.05) is 19.3 Å². The zero-order valence-electron chi connectivity index (χ0n) is 11.3. The van der Waals surface area contributed by atoms with Gasteiger partial charge in [0.25, 0.3) is 0 Å². The highest BCUT2D eigenvalue weighted by atomic mass is 16.3. The Bertz CT molecular complexity index is 590. The van der Waals surface area contributed by atoms with Crippen LogP contribution in [0.15, 0.2) is 18.2 Å². The molecule has 19 heavy (non-hydrogen) atoms. The molecule has 1 fully saturated rings. The zero-order valence-corrected chi connectivity index (χ0v) is 11.3. The van der Waals surface area contributed by atoms with Crippen LogP contribution < -0.4 is 5.73 Å². The van der Waals surface area contributed by atoms with Crippen LogP contribution in [0.3, 0.4) is 0 Å². The minimum atomic E-state index is -0.267. The summed E-state index contributed by atoms with van der Waals surface area (Å²) in [5.41, 5.74) is 8.56. The summed E-state index contributed by atoms with van der Waals surface area (Å²) in [6.07, 6.45) is 5.16. The average molecular weight is 259 g/mol. The molecule has 1 aromatic carbocycles. The Kier molecular flexibility index (Phi) is 3.19. The Balaban J connectivity index is 2.10. The number of aliphatic hydroxyl groups is 1. The Morgan fingerprint density at radius 1 is 1.26 bits per heavy atom. The smallest absolute Gasteiger partial charge is 0.107 e. The quantitative estimate of drug-likeness (QED) is 0.611. The van der Waals surface area contributed by atoms with E-state index in [4.69, 9.17) is 5.73 Å². The van der Waals surface area contributed by atoms with Gasteiger partial charge in [0.2, 0.25) is 0 Å². The summed E-state index contributed by atoms with van der Waals surface area (Å²) in [7, 11) is 0. The van der Waals surface area contributed by atoms with E-state index >= 15 is 0 Å². The van der Waals surface area contributed by atoms with Gasteiger partial charge in [0.05, 0.1) is 23.2 Å². The lowest BCUT2D eigenvalue weighted by atomic mass is 10.1. The van der Waals surface area contributed by atoms with Gasteiger partial charge in [-0.3, -0.25) is 0 Å². The second-order valence-corrected chi connectivity index (χ2v) is 5.55. The van der Waals surface area contributed by atoms with Crippen LogP contribution in [0.25, 0.3) is 11.0 Å². The molecule has 0 bridgehead atoms. The molecule has 2 atom stereocenters. The van der Waals surface area contributed by atoms with Crippen molar-refractivity contribution in [3.8, 4) is 0 Å². The van der Waals surface area contributed by atoms with Gasteiger partial charge in [-0.25, -0.2) is 4.98 Å². The summed E-state index contributed by atoms with van der Waals surface area (Å²) < 4.78 is 2.20. The fraction of sp³-hybridized carbons (Fsp3) is 0.533. The van der Waals surface area contributed by atoms with Crippen molar-refractivity contribution in [1.29, 1.82) is 0 Å². The number of nitrogens with two attached hydrogens (primary N) is 1. The van der Waals surface area contributed by atoms with Crippen LogP contribution in [0.4, 0.5) is 5.69 Å². The molecule has 2 aromatic rings. The van der Waals surface area contributed by atoms with Crippen LogP contribution in [0.2, 0.25) is 0 Å². The van der Waals surface area contributed by atoms with Crippen LogP contribution in [0.1, 0.15) is 44.0 Å². The highest BCUT2D eigenvalue weighted by Crippen LogP contribution is 2.32. The lowest BCUT2D eigenvalue weighted by Crippen LogP contribution is -2.23. The summed E-state index contributed by atoms with van der Waals surface area (Å²) >= 11 is 0. The predicted molar refractivity (Wildman–Crippen MR) is 77.0 cm³/mol. The topological polar surface area (TPSA) is 64.1 Å². The van der Waals surface area contributed by atoms with E-state index in [1.807, 2.05) is 25.1 Å². The number of aryl methyl sites for hydroxylation is 1. The van der Waals surface area contributed by atoms with Crippen LogP contribution in [-0.2, 0) is 0 Å². The van der Waals surface area contributed by atoms with E-state index in [-0.39, 0.29) is 12.1 Å². The second-order valence-electron chi connectivity index (χ2n) is 5.55. The highest BCUT2D eigenvalue weighted by molar-refractivity contribution is 5.79. The van der Waals surface area contributed by atoms with Crippen LogP contribution in [-0.4, -0.2) is 20.8 Å². The Morgan fingerprint density at radius 2 is 2.05 bits per heavy atom. The number of hydrogen-bond donors (Lipinski definition) is 2. The van der Waals surface area contributed by atoms with Gasteiger partial charge in [-0.15, -0.1) is 0 Å². The molecule has 102 valence electrons. The molecule has 1 aliphatic carbocycles. The second kappa shape index (κ2) is 4.85. The Hall–Kier alpha value is -1.55. The third-order valence-electron chi connectivity index (χ3n) is 4.17. The summed E-state index contributed by atoms with van der Waals surface area (Å²) in [5, 5.41) is 10.4. The average Bonchev–Trinajstić information content (AvgIpc) is 2.54. The number of benzene rings is 1. The summed E-state index contributed by atoms with van der Waals surface area (Å²) in [4.78, 5) is 4.59. The Morgan fingerprint density at radius 3 is 2.89 bits per heavy atom. The molecule has 2 unspecified atom stereocenters. The van der Waals surface area contributed by atoms with Crippen LogP contribution in [0.5, 0.6) is 0 Å². The summed E-state index contributed by atoms with van der Waals surface area (Å²) in [6, 6.07) is 5.98. The molecule has 1 aromatic heterocycles. The number of nitrogen functional groups attached to an aromatic ring is 1. The Labute approximate surface area is 113 Å². The van der Waals surface area contributed by atoms with Crippen molar-refractivity contribution in [2.75, 3.05) is 5.73 Å². The van der Waals surface area contributed by atoms with Crippen molar-refractivity contribution in [1.82, 2.24) is 9.55 Å². The predicted octanol–water partition coefficient (Wildman–Crippen LogP) is 2.79. The highest BCUT2D eigenvalue weighted by Gasteiger charge is 2.25. The maximum Gasteiger partial charge on any atom is 0.107 e. The molecule has 4 nitrogen and oxygen atoms in total. The third-order valence-corrected chi connectivity index (χ3v) is 4.17. The lowest BCUT2D eigenvalue weighted by Gasteiger charge is -2.24. The molecule has 4 heteroatoms.